The Labute approximate surface area is 137 Å². The van der Waals surface area contributed by atoms with E-state index in [1.807, 2.05) is 20.8 Å². The Balaban J connectivity index is 2.33. The Morgan fingerprint density at radius 1 is 1.32 bits per heavy atom. The molecule has 122 valence electrons. The van der Waals surface area contributed by atoms with E-state index in [1.54, 1.807) is 0 Å². The molecule has 0 spiro atoms. The quantitative estimate of drug-likeness (QED) is 0.849. The van der Waals surface area contributed by atoms with Crippen molar-refractivity contribution in [3.8, 4) is 0 Å². The molecule has 2 atom stereocenters. The molecule has 1 saturated heterocycles. The van der Waals surface area contributed by atoms with Crippen LogP contribution in [0.15, 0.2) is 6.20 Å². The molecule has 5 nitrogen and oxygen atoms in total. The molecule has 0 aliphatic carbocycles. The van der Waals surface area contributed by atoms with E-state index in [9.17, 15) is 4.79 Å². The van der Waals surface area contributed by atoms with Gasteiger partial charge in [0.15, 0.2) is 0 Å². The van der Waals surface area contributed by atoms with Crippen LogP contribution in [0.5, 0.6) is 0 Å². The second-order valence-electron chi connectivity index (χ2n) is 7.43. The number of nitrogens with zero attached hydrogens (tertiary/aromatic N) is 3. The fourth-order valence-corrected chi connectivity index (χ4v) is 3.13. The van der Waals surface area contributed by atoms with E-state index in [2.05, 4.69) is 34.0 Å². The van der Waals surface area contributed by atoms with Gasteiger partial charge in [0, 0.05) is 24.8 Å². The Morgan fingerprint density at radius 2 is 1.91 bits per heavy atom. The molecule has 6 heteroatoms. The van der Waals surface area contributed by atoms with Gasteiger partial charge < -0.3 is 10.2 Å². The molecule has 1 fully saturated rings. The van der Waals surface area contributed by atoms with Gasteiger partial charge in [-0.2, -0.15) is 4.98 Å². The zero-order chi connectivity index (χ0) is 16.5. The van der Waals surface area contributed by atoms with E-state index in [-0.39, 0.29) is 16.7 Å². The van der Waals surface area contributed by atoms with Crippen LogP contribution >= 0.6 is 11.6 Å². The number of piperidine rings is 1. The average molecular weight is 325 g/mol. The van der Waals surface area contributed by atoms with Gasteiger partial charge >= 0.3 is 0 Å². The number of anilines is 1. The van der Waals surface area contributed by atoms with Gasteiger partial charge in [-0.1, -0.05) is 13.8 Å². The van der Waals surface area contributed by atoms with Crippen LogP contribution in [0.25, 0.3) is 0 Å². The van der Waals surface area contributed by atoms with Gasteiger partial charge in [0.05, 0.1) is 0 Å². The molecule has 1 aromatic rings. The fraction of sp³-hybridized carbons (Fsp3) is 0.688. The minimum absolute atomic E-state index is 0.162. The largest absolute Gasteiger partial charge is 0.355 e. The van der Waals surface area contributed by atoms with E-state index in [0.29, 0.717) is 23.2 Å². The van der Waals surface area contributed by atoms with Gasteiger partial charge in [-0.25, -0.2) is 4.98 Å². The number of hydrogen-bond acceptors (Lipinski definition) is 4. The third-order valence-corrected chi connectivity index (χ3v) is 3.82. The number of nitrogens with one attached hydrogen (secondary N) is 1. The Kier molecular flexibility index (Phi) is 4.95. The third-order valence-electron chi connectivity index (χ3n) is 3.64. The molecule has 0 bridgehead atoms. The Hall–Kier alpha value is -1.36. The van der Waals surface area contributed by atoms with Gasteiger partial charge in [-0.3, -0.25) is 4.79 Å². The second-order valence-corrected chi connectivity index (χ2v) is 7.77. The van der Waals surface area contributed by atoms with Crippen molar-refractivity contribution < 1.29 is 4.79 Å². The second kappa shape index (κ2) is 6.41. The lowest BCUT2D eigenvalue weighted by atomic mass is 9.91. The molecule has 2 heterocycles. The number of rotatable bonds is 2. The lowest BCUT2D eigenvalue weighted by molar-refractivity contribution is 0.0919. The van der Waals surface area contributed by atoms with Crippen molar-refractivity contribution in [2.24, 2.45) is 11.8 Å². The van der Waals surface area contributed by atoms with Crippen molar-refractivity contribution in [1.82, 2.24) is 15.3 Å². The van der Waals surface area contributed by atoms with E-state index >= 15 is 0 Å². The van der Waals surface area contributed by atoms with Crippen molar-refractivity contribution >= 4 is 23.3 Å². The summed E-state index contributed by atoms with van der Waals surface area (Å²) in [7, 11) is 0. The van der Waals surface area contributed by atoms with E-state index in [4.69, 9.17) is 11.6 Å². The molecule has 1 aliphatic rings. The third kappa shape index (κ3) is 4.32. The fourth-order valence-electron chi connectivity index (χ4n) is 3.00. The first-order valence-electron chi connectivity index (χ1n) is 7.75. The summed E-state index contributed by atoms with van der Waals surface area (Å²) in [6, 6.07) is 0. The van der Waals surface area contributed by atoms with Crippen molar-refractivity contribution in [2.45, 2.75) is 46.6 Å². The minimum atomic E-state index is -0.309. The van der Waals surface area contributed by atoms with Crippen molar-refractivity contribution in [1.29, 1.82) is 0 Å². The lowest BCUT2D eigenvalue weighted by Crippen LogP contribution is -2.43. The van der Waals surface area contributed by atoms with E-state index < -0.39 is 0 Å². The monoisotopic (exact) mass is 324 g/mol. The number of carbonyl (C=O) groups excluding carboxylic acids is 1. The molecular weight excluding hydrogens is 300 g/mol. The predicted molar refractivity (Wildman–Crippen MR) is 89.4 cm³/mol. The smallest absolute Gasteiger partial charge is 0.257 e. The van der Waals surface area contributed by atoms with Crippen LogP contribution < -0.4 is 10.2 Å². The number of halogens is 1. The zero-order valence-electron chi connectivity index (χ0n) is 14.0. The summed E-state index contributed by atoms with van der Waals surface area (Å²) in [6.07, 6.45) is 2.72. The standard InChI is InChI=1S/C16H25ClN4O/c1-10-6-11(2)9-21(8-10)13-12(7-18-15(17)19-13)14(22)20-16(3,4)5/h7,10-11H,6,8-9H2,1-5H3,(H,20,22). The van der Waals surface area contributed by atoms with Crippen molar-refractivity contribution in [3.63, 3.8) is 0 Å². The summed E-state index contributed by atoms with van der Waals surface area (Å²) in [5.74, 6) is 1.61. The lowest BCUT2D eigenvalue weighted by Gasteiger charge is -2.36. The maximum atomic E-state index is 12.5. The first kappa shape index (κ1) is 17.0. The van der Waals surface area contributed by atoms with Crippen LogP contribution in [0.4, 0.5) is 5.82 Å². The van der Waals surface area contributed by atoms with Crippen LogP contribution in [-0.4, -0.2) is 34.5 Å². The molecule has 0 aromatic carbocycles. The molecule has 0 saturated carbocycles. The summed E-state index contributed by atoms with van der Waals surface area (Å²) in [5.41, 5.74) is 0.178. The van der Waals surface area contributed by atoms with Gasteiger partial charge in [-0.15, -0.1) is 0 Å². The van der Waals surface area contributed by atoms with Crippen LogP contribution in [-0.2, 0) is 0 Å². The van der Waals surface area contributed by atoms with Crippen molar-refractivity contribution in [3.05, 3.63) is 17.0 Å². The molecule has 1 N–H and O–H groups in total. The highest BCUT2D eigenvalue weighted by Gasteiger charge is 2.28. The highest BCUT2D eigenvalue weighted by atomic mass is 35.5. The topological polar surface area (TPSA) is 58.1 Å². The highest BCUT2D eigenvalue weighted by Crippen LogP contribution is 2.28. The molecule has 1 amide bonds. The molecule has 1 aromatic heterocycles. The zero-order valence-corrected chi connectivity index (χ0v) is 14.7. The van der Waals surface area contributed by atoms with Gasteiger partial charge in [0.25, 0.3) is 5.91 Å². The summed E-state index contributed by atoms with van der Waals surface area (Å²) < 4.78 is 0. The maximum absolute atomic E-state index is 12.5. The predicted octanol–water partition coefficient (Wildman–Crippen LogP) is 3.14. The molecule has 2 rings (SSSR count). The van der Waals surface area contributed by atoms with Gasteiger partial charge in [0.2, 0.25) is 5.28 Å². The first-order chi connectivity index (χ1) is 10.2. The average Bonchev–Trinajstić information content (AvgIpc) is 2.35. The molecule has 1 aliphatic heterocycles. The van der Waals surface area contributed by atoms with Crippen LogP contribution in [0.1, 0.15) is 51.4 Å². The number of amides is 1. The van der Waals surface area contributed by atoms with Crippen LogP contribution in [0.2, 0.25) is 5.28 Å². The minimum Gasteiger partial charge on any atom is -0.355 e. The summed E-state index contributed by atoms with van der Waals surface area (Å²) in [4.78, 5) is 23.0. The number of hydrogen-bond donors (Lipinski definition) is 1. The van der Waals surface area contributed by atoms with Gasteiger partial charge in [-0.05, 0) is 50.6 Å². The first-order valence-corrected chi connectivity index (χ1v) is 8.13. The normalized spacial score (nSPS) is 22.5. The van der Waals surface area contributed by atoms with Gasteiger partial charge in [0.1, 0.15) is 11.4 Å². The number of carbonyl (C=O) groups is 1. The van der Waals surface area contributed by atoms with Crippen LogP contribution in [0.3, 0.4) is 0 Å². The molecule has 2 unspecified atom stereocenters. The SMILES string of the molecule is CC1CC(C)CN(c2nc(Cl)ncc2C(=O)NC(C)(C)C)C1. The maximum Gasteiger partial charge on any atom is 0.257 e. The molecule has 22 heavy (non-hydrogen) atoms. The summed E-state index contributed by atoms with van der Waals surface area (Å²) >= 11 is 5.97. The highest BCUT2D eigenvalue weighted by molar-refractivity contribution is 6.28. The van der Waals surface area contributed by atoms with Crippen LogP contribution in [0, 0.1) is 11.8 Å². The Bertz CT molecular complexity index is 546. The van der Waals surface area contributed by atoms with E-state index in [1.165, 1.54) is 12.6 Å². The Morgan fingerprint density at radius 3 is 2.45 bits per heavy atom. The summed E-state index contributed by atoms with van der Waals surface area (Å²) in [6.45, 7) is 12.1. The van der Waals surface area contributed by atoms with E-state index in [0.717, 1.165) is 13.1 Å². The molecule has 0 radical (unpaired) electrons. The van der Waals surface area contributed by atoms with Crippen molar-refractivity contribution in [2.75, 3.05) is 18.0 Å². The molecular formula is C16H25ClN4O. The summed E-state index contributed by atoms with van der Waals surface area (Å²) in [5, 5.41) is 3.14. The number of aromatic nitrogens is 2.